The number of Topliss-reactive ketones (excluding diaryl/α,β-unsaturated/α-hetero) is 1. The van der Waals surface area contributed by atoms with E-state index in [0.717, 1.165) is 11.3 Å². The standard InChI is InChI=1S/C26H25N3O4/c1-17(29(25-15-32-16-33-25)24-10-6-3-7-21(24)18(2)30)19-11-13-20(14-12-19)26(31)28-23-9-5-4-8-22(23)27/h3-15,17H,16,27H2,1-2H3,(H,28,31). The van der Waals surface area contributed by atoms with Crippen LogP contribution >= 0.6 is 0 Å². The second-order valence-corrected chi connectivity index (χ2v) is 7.67. The minimum absolute atomic E-state index is 0.0467. The van der Waals surface area contributed by atoms with Gasteiger partial charge in [-0.1, -0.05) is 36.4 Å². The molecule has 33 heavy (non-hydrogen) atoms. The number of rotatable bonds is 7. The Morgan fingerprint density at radius 2 is 1.70 bits per heavy atom. The summed E-state index contributed by atoms with van der Waals surface area (Å²) >= 11 is 0. The zero-order valence-electron chi connectivity index (χ0n) is 18.4. The van der Waals surface area contributed by atoms with Crippen LogP contribution in [0.5, 0.6) is 0 Å². The largest absolute Gasteiger partial charge is 0.459 e. The van der Waals surface area contributed by atoms with Gasteiger partial charge in [-0.3, -0.25) is 9.59 Å². The molecule has 3 aromatic carbocycles. The molecule has 0 aliphatic carbocycles. The molecule has 1 aliphatic heterocycles. The molecule has 0 aromatic heterocycles. The number of nitrogens with zero attached hydrogens (tertiary/aromatic N) is 1. The Kier molecular flexibility index (Phi) is 6.31. The maximum absolute atomic E-state index is 12.7. The molecule has 3 aromatic rings. The van der Waals surface area contributed by atoms with Crippen LogP contribution in [0.2, 0.25) is 0 Å². The molecule has 0 spiro atoms. The maximum atomic E-state index is 12.7. The number of anilines is 3. The van der Waals surface area contributed by atoms with E-state index in [-0.39, 0.29) is 24.5 Å². The average Bonchev–Trinajstić information content (AvgIpc) is 3.35. The molecule has 3 N–H and O–H groups in total. The van der Waals surface area contributed by atoms with E-state index in [2.05, 4.69) is 5.32 Å². The molecule has 4 rings (SSSR count). The van der Waals surface area contributed by atoms with Crippen LogP contribution in [-0.4, -0.2) is 18.5 Å². The summed E-state index contributed by atoms with van der Waals surface area (Å²) in [5.41, 5.74) is 9.72. The fourth-order valence-electron chi connectivity index (χ4n) is 3.73. The van der Waals surface area contributed by atoms with E-state index in [9.17, 15) is 9.59 Å². The SMILES string of the molecule is CC(=O)c1ccccc1N(C1=COCO1)C(C)c1ccc(C(=O)Nc2ccccc2N)cc1. The molecule has 0 fully saturated rings. The number of nitrogens with two attached hydrogens (primary N) is 1. The number of hydrogen-bond donors (Lipinski definition) is 2. The van der Waals surface area contributed by atoms with E-state index in [0.29, 0.717) is 28.4 Å². The van der Waals surface area contributed by atoms with Gasteiger partial charge in [-0.2, -0.15) is 0 Å². The van der Waals surface area contributed by atoms with Crippen LogP contribution in [0.3, 0.4) is 0 Å². The van der Waals surface area contributed by atoms with Gasteiger partial charge in [0, 0.05) is 11.1 Å². The predicted octanol–water partition coefficient (Wildman–Crippen LogP) is 5.09. The van der Waals surface area contributed by atoms with E-state index < -0.39 is 0 Å². The van der Waals surface area contributed by atoms with Crippen molar-refractivity contribution in [1.29, 1.82) is 0 Å². The normalized spacial score (nSPS) is 13.3. The number of nitrogen functional groups attached to an aromatic ring is 1. The van der Waals surface area contributed by atoms with E-state index in [1.54, 1.807) is 36.6 Å². The minimum atomic E-state index is -0.249. The molecule has 1 atom stereocenters. The Morgan fingerprint density at radius 3 is 2.36 bits per heavy atom. The van der Waals surface area contributed by atoms with E-state index in [1.807, 2.05) is 54.3 Å². The first kappa shape index (κ1) is 22.0. The molecule has 0 saturated carbocycles. The third kappa shape index (κ3) is 4.67. The highest BCUT2D eigenvalue weighted by molar-refractivity contribution is 6.05. The third-order valence-electron chi connectivity index (χ3n) is 5.49. The van der Waals surface area contributed by atoms with Crippen molar-refractivity contribution in [2.75, 3.05) is 22.7 Å². The Morgan fingerprint density at radius 1 is 1.00 bits per heavy atom. The van der Waals surface area contributed by atoms with Crippen molar-refractivity contribution in [2.45, 2.75) is 19.9 Å². The van der Waals surface area contributed by atoms with Crippen LogP contribution in [0.1, 0.15) is 46.2 Å². The summed E-state index contributed by atoms with van der Waals surface area (Å²) in [6.07, 6.45) is 1.54. The summed E-state index contributed by atoms with van der Waals surface area (Å²) < 4.78 is 11.0. The van der Waals surface area contributed by atoms with Gasteiger partial charge in [0.05, 0.1) is 23.1 Å². The van der Waals surface area contributed by atoms with Crippen molar-refractivity contribution in [2.24, 2.45) is 0 Å². The van der Waals surface area contributed by atoms with Gasteiger partial charge in [0.15, 0.2) is 5.78 Å². The Balaban J connectivity index is 1.61. The van der Waals surface area contributed by atoms with Crippen LogP contribution in [-0.2, 0) is 9.47 Å². The molecule has 1 amide bonds. The predicted molar refractivity (Wildman–Crippen MR) is 128 cm³/mol. The number of carbonyl (C=O) groups is 2. The van der Waals surface area contributed by atoms with Crippen molar-refractivity contribution >= 4 is 28.8 Å². The Labute approximate surface area is 192 Å². The topological polar surface area (TPSA) is 93.9 Å². The van der Waals surface area contributed by atoms with Crippen LogP contribution < -0.4 is 16.0 Å². The van der Waals surface area contributed by atoms with Crippen LogP contribution in [0, 0.1) is 0 Å². The number of ether oxygens (including phenoxy) is 2. The molecule has 7 nitrogen and oxygen atoms in total. The molecular formula is C26H25N3O4. The lowest BCUT2D eigenvalue weighted by atomic mass is 10.0. The quantitative estimate of drug-likeness (QED) is 0.390. The summed E-state index contributed by atoms with van der Waals surface area (Å²) in [4.78, 5) is 26.9. The average molecular weight is 444 g/mol. The molecule has 0 bridgehead atoms. The number of nitrogens with one attached hydrogen (secondary N) is 1. The number of amides is 1. The lowest BCUT2D eigenvalue weighted by Crippen LogP contribution is -2.28. The third-order valence-corrected chi connectivity index (χ3v) is 5.49. The first-order valence-electron chi connectivity index (χ1n) is 10.6. The van der Waals surface area contributed by atoms with Crippen molar-refractivity contribution in [1.82, 2.24) is 0 Å². The molecule has 7 heteroatoms. The first-order valence-corrected chi connectivity index (χ1v) is 10.6. The molecule has 1 heterocycles. The van der Waals surface area contributed by atoms with Crippen LogP contribution in [0.25, 0.3) is 0 Å². The molecular weight excluding hydrogens is 418 g/mol. The number of carbonyl (C=O) groups excluding carboxylic acids is 2. The summed E-state index contributed by atoms with van der Waals surface area (Å²) in [5, 5.41) is 2.83. The monoisotopic (exact) mass is 443 g/mol. The summed E-state index contributed by atoms with van der Waals surface area (Å²) in [6.45, 7) is 3.65. The van der Waals surface area contributed by atoms with Crippen LogP contribution in [0.15, 0.2) is 84.9 Å². The fraction of sp³-hybridized carbons (Fsp3) is 0.154. The van der Waals surface area contributed by atoms with Gasteiger partial charge < -0.3 is 25.4 Å². The van der Waals surface area contributed by atoms with Crippen molar-refractivity contribution in [3.63, 3.8) is 0 Å². The van der Waals surface area contributed by atoms with Gasteiger partial charge in [0.25, 0.3) is 5.91 Å². The fourth-order valence-corrected chi connectivity index (χ4v) is 3.73. The summed E-state index contributed by atoms with van der Waals surface area (Å²) in [6, 6.07) is 21.6. The highest BCUT2D eigenvalue weighted by Crippen LogP contribution is 2.35. The second kappa shape index (κ2) is 9.48. The van der Waals surface area contributed by atoms with E-state index >= 15 is 0 Å². The van der Waals surface area contributed by atoms with Gasteiger partial charge >= 0.3 is 0 Å². The summed E-state index contributed by atoms with van der Waals surface area (Å²) in [5.74, 6) is 0.216. The second-order valence-electron chi connectivity index (χ2n) is 7.67. The Bertz CT molecular complexity index is 1200. The summed E-state index contributed by atoms with van der Waals surface area (Å²) in [7, 11) is 0. The van der Waals surface area contributed by atoms with Crippen molar-refractivity contribution in [3.8, 4) is 0 Å². The van der Waals surface area contributed by atoms with Gasteiger partial charge in [-0.25, -0.2) is 0 Å². The number of benzene rings is 3. The van der Waals surface area contributed by atoms with E-state index in [4.69, 9.17) is 15.2 Å². The maximum Gasteiger partial charge on any atom is 0.255 e. The highest BCUT2D eigenvalue weighted by Gasteiger charge is 2.27. The van der Waals surface area contributed by atoms with Gasteiger partial charge in [0.1, 0.15) is 6.26 Å². The highest BCUT2D eigenvalue weighted by atomic mass is 16.7. The molecule has 0 radical (unpaired) electrons. The zero-order valence-corrected chi connectivity index (χ0v) is 18.4. The number of ketones is 1. The van der Waals surface area contributed by atoms with Crippen molar-refractivity contribution in [3.05, 3.63) is 102 Å². The molecule has 1 aliphatic rings. The van der Waals surface area contributed by atoms with Gasteiger partial charge in [-0.05, 0) is 55.8 Å². The van der Waals surface area contributed by atoms with Crippen molar-refractivity contribution < 1.29 is 19.1 Å². The number of para-hydroxylation sites is 3. The van der Waals surface area contributed by atoms with E-state index in [1.165, 1.54) is 6.92 Å². The lowest BCUT2D eigenvalue weighted by molar-refractivity contribution is 0.0774. The first-order chi connectivity index (χ1) is 16.0. The van der Waals surface area contributed by atoms with Gasteiger partial charge in [0.2, 0.25) is 12.7 Å². The number of hydrogen-bond acceptors (Lipinski definition) is 6. The zero-order chi connectivity index (χ0) is 23.4. The Hall–Kier alpha value is -4.26. The molecule has 168 valence electrons. The molecule has 1 unspecified atom stereocenters. The van der Waals surface area contributed by atoms with Gasteiger partial charge in [-0.15, -0.1) is 0 Å². The lowest BCUT2D eigenvalue weighted by Gasteiger charge is -2.32. The smallest absolute Gasteiger partial charge is 0.255 e. The molecule has 0 saturated heterocycles. The van der Waals surface area contributed by atoms with Crippen LogP contribution in [0.4, 0.5) is 17.1 Å². The minimum Gasteiger partial charge on any atom is -0.459 e.